The molecule has 0 amide bonds. The number of benzene rings is 1. The van der Waals surface area contributed by atoms with E-state index in [1.165, 1.54) is 38.2 Å². The topological polar surface area (TPSA) is 12.0 Å². The molecule has 0 radical (unpaired) electrons. The molecule has 0 aliphatic heterocycles. The molecular formula is C15H22FN. The lowest BCUT2D eigenvalue weighted by atomic mass is 9.70. The van der Waals surface area contributed by atoms with Crippen molar-refractivity contribution >= 4 is 0 Å². The van der Waals surface area contributed by atoms with Crippen LogP contribution in [0.4, 0.5) is 4.39 Å². The Morgan fingerprint density at radius 1 is 1.24 bits per heavy atom. The Kier molecular flexibility index (Phi) is 4.16. The summed E-state index contributed by atoms with van der Waals surface area (Å²) in [6.07, 6.45) is 7.53. The van der Waals surface area contributed by atoms with Gasteiger partial charge in [-0.3, -0.25) is 0 Å². The van der Waals surface area contributed by atoms with Crippen LogP contribution in [-0.2, 0) is 6.42 Å². The minimum absolute atomic E-state index is 0.113. The van der Waals surface area contributed by atoms with Crippen LogP contribution in [0.2, 0.25) is 0 Å². The van der Waals surface area contributed by atoms with E-state index < -0.39 is 0 Å². The van der Waals surface area contributed by atoms with Crippen LogP contribution in [0.15, 0.2) is 24.3 Å². The first-order valence-corrected chi connectivity index (χ1v) is 6.63. The van der Waals surface area contributed by atoms with Crippen LogP contribution in [0.25, 0.3) is 0 Å². The van der Waals surface area contributed by atoms with E-state index >= 15 is 0 Å². The first-order chi connectivity index (χ1) is 8.24. The number of hydrogen-bond donors (Lipinski definition) is 1. The van der Waals surface area contributed by atoms with Crippen molar-refractivity contribution in [3.63, 3.8) is 0 Å². The molecule has 0 saturated heterocycles. The van der Waals surface area contributed by atoms with Crippen molar-refractivity contribution in [3.8, 4) is 0 Å². The van der Waals surface area contributed by atoms with Crippen molar-refractivity contribution in [2.45, 2.75) is 38.5 Å². The summed E-state index contributed by atoms with van der Waals surface area (Å²) in [5.41, 5.74) is 1.49. The number of halogens is 1. The monoisotopic (exact) mass is 235 g/mol. The van der Waals surface area contributed by atoms with Crippen LogP contribution in [0, 0.1) is 11.2 Å². The number of rotatable bonds is 4. The van der Waals surface area contributed by atoms with E-state index in [1.807, 2.05) is 13.1 Å². The minimum atomic E-state index is -0.113. The standard InChI is InChI=1S/C15H22FN/c1-17-12-15(8-3-2-4-9-15)11-13-6-5-7-14(16)10-13/h5-7,10,17H,2-4,8-9,11-12H2,1H3. The second-order valence-corrected chi connectivity index (χ2v) is 5.40. The van der Waals surface area contributed by atoms with Crippen molar-refractivity contribution in [2.75, 3.05) is 13.6 Å². The molecule has 0 bridgehead atoms. The highest BCUT2D eigenvalue weighted by molar-refractivity contribution is 5.18. The smallest absolute Gasteiger partial charge is 0.123 e. The lowest BCUT2D eigenvalue weighted by Gasteiger charge is -2.37. The van der Waals surface area contributed by atoms with Gasteiger partial charge in [0.2, 0.25) is 0 Å². The van der Waals surface area contributed by atoms with Gasteiger partial charge in [0, 0.05) is 6.54 Å². The molecule has 1 nitrogen and oxygen atoms in total. The zero-order valence-corrected chi connectivity index (χ0v) is 10.6. The normalized spacial score (nSPS) is 19.2. The molecule has 0 heterocycles. The molecule has 1 aromatic carbocycles. The summed E-state index contributed by atoms with van der Waals surface area (Å²) >= 11 is 0. The van der Waals surface area contributed by atoms with Gasteiger partial charge in [0.1, 0.15) is 5.82 Å². The third-order valence-corrected chi connectivity index (χ3v) is 3.93. The third-order valence-electron chi connectivity index (χ3n) is 3.93. The van der Waals surface area contributed by atoms with Crippen molar-refractivity contribution < 1.29 is 4.39 Å². The van der Waals surface area contributed by atoms with Gasteiger partial charge < -0.3 is 5.32 Å². The van der Waals surface area contributed by atoms with Crippen LogP contribution in [0.5, 0.6) is 0 Å². The Hall–Kier alpha value is -0.890. The fourth-order valence-corrected chi connectivity index (χ4v) is 3.17. The van der Waals surface area contributed by atoms with Crippen LogP contribution < -0.4 is 5.32 Å². The Morgan fingerprint density at radius 2 is 2.00 bits per heavy atom. The van der Waals surface area contributed by atoms with Gasteiger partial charge in [-0.15, -0.1) is 0 Å². The average molecular weight is 235 g/mol. The highest BCUT2D eigenvalue weighted by Crippen LogP contribution is 2.38. The second-order valence-electron chi connectivity index (χ2n) is 5.40. The maximum Gasteiger partial charge on any atom is 0.123 e. The SMILES string of the molecule is CNCC1(Cc2cccc(F)c2)CCCCC1. The predicted molar refractivity (Wildman–Crippen MR) is 69.5 cm³/mol. The number of hydrogen-bond acceptors (Lipinski definition) is 1. The van der Waals surface area contributed by atoms with Crippen LogP contribution in [-0.4, -0.2) is 13.6 Å². The molecule has 2 rings (SSSR count). The molecule has 0 unspecified atom stereocenters. The quantitative estimate of drug-likeness (QED) is 0.841. The van der Waals surface area contributed by atoms with Gasteiger partial charge in [-0.1, -0.05) is 31.4 Å². The molecular weight excluding hydrogens is 213 g/mol. The molecule has 2 heteroatoms. The van der Waals surface area contributed by atoms with Gasteiger partial charge in [-0.2, -0.15) is 0 Å². The first kappa shape index (κ1) is 12.6. The average Bonchev–Trinajstić information content (AvgIpc) is 2.30. The van der Waals surface area contributed by atoms with E-state index in [0.717, 1.165) is 18.5 Å². The summed E-state index contributed by atoms with van der Waals surface area (Å²) in [5.74, 6) is -0.113. The second kappa shape index (κ2) is 5.63. The van der Waals surface area contributed by atoms with Crippen LogP contribution in [0.1, 0.15) is 37.7 Å². The molecule has 1 aliphatic rings. The summed E-state index contributed by atoms with van der Waals surface area (Å²) in [7, 11) is 2.02. The highest BCUT2D eigenvalue weighted by Gasteiger charge is 2.31. The molecule has 1 saturated carbocycles. The van der Waals surface area contributed by atoms with E-state index in [2.05, 4.69) is 11.4 Å². The van der Waals surface area contributed by atoms with Gasteiger partial charge >= 0.3 is 0 Å². The van der Waals surface area contributed by atoms with Gasteiger partial charge in [-0.05, 0) is 49.4 Å². The predicted octanol–water partition coefficient (Wildman–Crippen LogP) is 3.54. The molecule has 1 fully saturated rings. The Bertz CT molecular complexity index is 350. The highest BCUT2D eigenvalue weighted by atomic mass is 19.1. The summed E-state index contributed by atoms with van der Waals surface area (Å²) in [6, 6.07) is 7.08. The van der Waals surface area contributed by atoms with Gasteiger partial charge in [0.15, 0.2) is 0 Å². The van der Waals surface area contributed by atoms with E-state index in [-0.39, 0.29) is 5.82 Å². The maximum absolute atomic E-state index is 13.2. The molecule has 0 spiro atoms. The zero-order valence-electron chi connectivity index (χ0n) is 10.6. The third kappa shape index (κ3) is 3.29. The minimum Gasteiger partial charge on any atom is -0.319 e. The molecule has 0 aromatic heterocycles. The van der Waals surface area contributed by atoms with Gasteiger partial charge in [0.25, 0.3) is 0 Å². The van der Waals surface area contributed by atoms with Crippen molar-refractivity contribution in [3.05, 3.63) is 35.6 Å². The van der Waals surface area contributed by atoms with Gasteiger partial charge in [0.05, 0.1) is 0 Å². The fraction of sp³-hybridized carbons (Fsp3) is 0.600. The van der Waals surface area contributed by atoms with Crippen LogP contribution >= 0.6 is 0 Å². The molecule has 17 heavy (non-hydrogen) atoms. The van der Waals surface area contributed by atoms with Crippen molar-refractivity contribution in [2.24, 2.45) is 5.41 Å². The molecule has 1 N–H and O–H groups in total. The lowest BCUT2D eigenvalue weighted by Crippen LogP contribution is -2.36. The maximum atomic E-state index is 13.2. The van der Waals surface area contributed by atoms with Crippen molar-refractivity contribution in [1.29, 1.82) is 0 Å². The summed E-state index contributed by atoms with van der Waals surface area (Å²) in [4.78, 5) is 0. The van der Waals surface area contributed by atoms with E-state index in [0.29, 0.717) is 5.41 Å². The largest absolute Gasteiger partial charge is 0.319 e. The lowest BCUT2D eigenvalue weighted by molar-refractivity contribution is 0.185. The Morgan fingerprint density at radius 3 is 2.65 bits per heavy atom. The zero-order chi connectivity index (χ0) is 12.1. The Labute approximate surface area is 103 Å². The van der Waals surface area contributed by atoms with E-state index in [1.54, 1.807) is 6.07 Å². The molecule has 1 aliphatic carbocycles. The molecule has 0 atom stereocenters. The first-order valence-electron chi connectivity index (χ1n) is 6.63. The fourth-order valence-electron chi connectivity index (χ4n) is 3.17. The van der Waals surface area contributed by atoms with E-state index in [9.17, 15) is 4.39 Å². The Balaban J connectivity index is 2.11. The van der Waals surface area contributed by atoms with Crippen molar-refractivity contribution in [1.82, 2.24) is 5.32 Å². The van der Waals surface area contributed by atoms with Gasteiger partial charge in [-0.25, -0.2) is 4.39 Å². The van der Waals surface area contributed by atoms with E-state index in [4.69, 9.17) is 0 Å². The summed E-state index contributed by atoms with van der Waals surface area (Å²) < 4.78 is 13.2. The summed E-state index contributed by atoms with van der Waals surface area (Å²) in [6.45, 7) is 1.05. The number of nitrogens with one attached hydrogen (secondary N) is 1. The molecule has 1 aromatic rings. The molecule has 94 valence electrons. The summed E-state index contributed by atoms with van der Waals surface area (Å²) in [5, 5.41) is 3.32. The van der Waals surface area contributed by atoms with Crippen LogP contribution in [0.3, 0.4) is 0 Å².